The molecule has 1 aliphatic carbocycles. The summed E-state index contributed by atoms with van der Waals surface area (Å²) in [5, 5.41) is 3.94. The summed E-state index contributed by atoms with van der Waals surface area (Å²) >= 11 is 1.50. The smallest absolute Gasteiger partial charge is 0.317 e. The maximum absolute atomic E-state index is 6.14. The van der Waals surface area contributed by atoms with Gasteiger partial charge in [-0.05, 0) is 52.6 Å². The minimum atomic E-state index is 0.165. The summed E-state index contributed by atoms with van der Waals surface area (Å²) in [7, 11) is 2.20. The SMILES string of the molecule is C[C@@H]1CN(Cc2cnc(Nc3ncc(-c4ccnc(OC5CCC6(CC5)COC6)n4)s3)nc2)[C@H](C)CN1C. The van der Waals surface area contributed by atoms with Crippen LogP contribution in [0.4, 0.5) is 11.1 Å². The van der Waals surface area contributed by atoms with E-state index in [2.05, 4.69) is 60.9 Å². The highest BCUT2D eigenvalue weighted by molar-refractivity contribution is 7.18. The number of aromatic nitrogens is 5. The first-order chi connectivity index (χ1) is 18.4. The van der Waals surface area contributed by atoms with E-state index in [-0.39, 0.29) is 6.10 Å². The average molecular weight is 537 g/mol. The van der Waals surface area contributed by atoms with Crippen molar-refractivity contribution in [1.29, 1.82) is 0 Å². The molecular weight excluding hydrogens is 500 g/mol. The first kappa shape index (κ1) is 25.5. The van der Waals surface area contributed by atoms with Gasteiger partial charge in [-0.3, -0.25) is 4.90 Å². The molecule has 2 saturated heterocycles. The van der Waals surface area contributed by atoms with Gasteiger partial charge < -0.3 is 19.7 Å². The number of likely N-dealkylation sites (N-methyl/N-ethyl adjacent to an activating group) is 1. The van der Waals surface area contributed by atoms with Gasteiger partial charge >= 0.3 is 6.01 Å². The molecule has 1 saturated carbocycles. The lowest BCUT2D eigenvalue weighted by Crippen LogP contribution is -2.54. The van der Waals surface area contributed by atoms with E-state index >= 15 is 0 Å². The number of nitrogens with one attached hydrogen (secondary N) is 1. The summed E-state index contributed by atoms with van der Waals surface area (Å²) in [4.78, 5) is 28.4. The molecule has 6 rings (SSSR count). The third-order valence-corrected chi connectivity index (χ3v) is 9.15. The molecule has 0 bridgehead atoms. The molecule has 0 amide bonds. The lowest BCUT2D eigenvalue weighted by Gasteiger charge is -2.45. The van der Waals surface area contributed by atoms with Gasteiger partial charge in [-0.15, -0.1) is 0 Å². The van der Waals surface area contributed by atoms with Crippen molar-refractivity contribution in [2.24, 2.45) is 5.41 Å². The molecule has 3 fully saturated rings. The van der Waals surface area contributed by atoms with E-state index in [1.165, 1.54) is 11.3 Å². The van der Waals surface area contributed by atoms with Crippen LogP contribution in [0.25, 0.3) is 10.6 Å². The Morgan fingerprint density at radius 3 is 2.58 bits per heavy atom. The third-order valence-electron chi connectivity index (χ3n) is 8.21. The molecule has 5 heterocycles. The molecule has 202 valence electrons. The van der Waals surface area contributed by atoms with Crippen molar-refractivity contribution >= 4 is 22.4 Å². The molecular formula is C27H36N8O2S. The van der Waals surface area contributed by atoms with E-state index in [0.29, 0.717) is 29.5 Å². The van der Waals surface area contributed by atoms with E-state index in [4.69, 9.17) is 9.47 Å². The van der Waals surface area contributed by atoms with Gasteiger partial charge in [-0.1, -0.05) is 11.3 Å². The van der Waals surface area contributed by atoms with E-state index in [1.54, 1.807) is 6.20 Å². The van der Waals surface area contributed by atoms with E-state index in [9.17, 15) is 0 Å². The summed E-state index contributed by atoms with van der Waals surface area (Å²) < 4.78 is 11.6. The summed E-state index contributed by atoms with van der Waals surface area (Å²) in [6.07, 6.45) is 11.9. The molecule has 0 aromatic carbocycles. The molecule has 38 heavy (non-hydrogen) atoms. The largest absolute Gasteiger partial charge is 0.460 e. The minimum absolute atomic E-state index is 0.165. The zero-order chi connectivity index (χ0) is 26.1. The van der Waals surface area contributed by atoms with Crippen molar-refractivity contribution in [3.63, 3.8) is 0 Å². The number of piperazine rings is 1. The number of ether oxygens (including phenoxy) is 2. The van der Waals surface area contributed by atoms with Crippen LogP contribution < -0.4 is 10.1 Å². The molecule has 3 aromatic heterocycles. The van der Waals surface area contributed by atoms with Gasteiger partial charge in [-0.2, -0.15) is 4.98 Å². The quantitative estimate of drug-likeness (QED) is 0.477. The molecule has 10 nitrogen and oxygen atoms in total. The van der Waals surface area contributed by atoms with Crippen LogP contribution in [0, 0.1) is 5.41 Å². The predicted octanol–water partition coefficient (Wildman–Crippen LogP) is 4.00. The van der Waals surface area contributed by atoms with Crippen LogP contribution in [-0.2, 0) is 11.3 Å². The standard InChI is InChI=1S/C27H36N8O2S/c1-18-14-35(19(2)13-34(18)3)15-20-10-29-24(30-11-20)33-26-31-12-23(38-26)22-6-9-28-25(32-22)37-21-4-7-27(8-5-21)16-36-17-27/h6,9-12,18-19,21H,4-5,7-8,13-17H2,1-3H3,(H,29,30,31,33)/t18-,19-/m1/s1. The second-order valence-electron chi connectivity index (χ2n) is 11.2. The Bertz CT molecular complexity index is 1220. The van der Waals surface area contributed by atoms with Crippen LogP contribution >= 0.6 is 11.3 Å². The Kier molecular flexibility index (Phi) is 7.26. The fourth-order valence-electron chi connectivity index (χ4n) is 5.56. The molecule has 3 aliphatic rings. The lowest BCUT2D eigenvalue weighted by atomic mass is 9.72. The van der Waals surface area contributed by atoms with Crippen molar-refractivity contribution in [2.75, 3.05) is 38.7 Å². The van der Waals surface area contributed by atoms with Gasteiger partial charge in [0.05, 0.1) is 23.8 Å². The zero-order valence-electron chi connectivity index (χ0n) is 22.3. The highest BCUT2D eigenvalue weighted by atomic mass is 32.1. The lowest BCUT2D eigenvalue weighted by molar-refractivity contribution is -0.140. The third kappa shape index (κ3) is 5.66. The van der Waals surface area contributed by atoms with Crippen LogP contribution in [-0.4, -0.2) is 86.3 Å². The molecule has 0 unspecified atom stereocenters. The Balaban J connectivity index is 1.04. The summed E-state index contributed by atoms with van der Waals surface area (Å²) in [6, 6.07) is 3.37. The Morgan fingerprint density at radius 2 is 1.84 bits per heavy atom. The van der Waals surface area contributed by atoms with Crippen molar-refractivity contribution < 1.29 is 9.47 Å². The van der Waals surface area contributed by atoms with Crippen LogP contribution in [0.5, 0.6) is 6.01 Å². The summed E-state index contributed by atoms with van der Waals surface area (Å²) in [5.41, 5.74) is 2.31. The summed E-state index contributed by atoms with van der Waals surface area (Å²) in [6.45, 7) is 9.33. The molecule has 3 aromatic rings. The van der Waals surface area contributed by atoms with Gasteiger partial charge in [0.1, 0.15) is 6.10 Å². The van der Waals surface area contributed by atoms with Crippen molar-refractivity contribution in [1.82, 2.24) is 34.7 Å². The molecule has 1 N–H and O–H groups in total. The van der Waals surface area contributed by atoms with Gasteiger partial charge in [0.2, 0.25) is 5.95 Å². The second-order valence-corrected chi connectivity index (χ2v) is 12.2. The highest BCUT2D eigenvalue weighted by Crippen LogP contribution is 2.43. The first-order valence-corrected chi connectivity index (χ1v) is 14.3. The molecule has 0 radical (unpaired) electrons. The van der Waals surface area contributed by atoms with Gasteiger partial charge in [-0.25, -0.2) is 19.9 Å². The second kappa shape index (κ2) is 10.8. The average Bonchev–Trinajstić information content (AvgIpc) is 3.37. The normalized spacial score (nSPS) is 24.3. The van der Waals surface area contributed by atoms with Gasteiger partial charge in [0, 0.05) is 67.5 Å². The maximum atomic E-state index is 6.14. The van der Waals surface area contributed by atoms with E-state index < -0.39 is 0 Å². The van der Waals surface area contributed by atoms with Gasteiger partial charge in [0.15, 0.2) is 5.13 Å². The Hall–Kier alpha value is -2.73. The fourth-order valence-corrected chi connectivity index (χ4v) is 6.34. The van der Waals surface area contributed by atoms with Crippen LogP contribution in [0.3, 0.4) is 0 Å². The van der Waals surface area contributed by atoms with Crippen molar-refractivity contribution in [3.05, 3.63) is 36.4 Å². The molecule has 2 atom stereocenters. The summed E-state index contributed by atoms with van der Waals surface area (Å²) in [5.74, 6) is 0.535. The number of hydrogen-bond donors (Lipinski definition) is 1. The van der Waals surface area contributed by atoms with Gasteiger partial charge in [0.25, 0.3) is 0 Å². The van der Waals surface area contributed by atoms with Crippen LogP contribution in [0.1, 0.15) is 45.1 Å². The number of thiazole rings is 1. The van der Waals surface area contributed by atoms with Crippen molar-refractivity contribution in [3.8, 4) is 16.6 Å². The fraction of sp³-hybridized carbons (Fsp3) is 0.593. The first-order valence-electron chi connectivity index (χ1n) is 13.5. The molecule has 2 aliphatic heterocycles. The number of anilines is 2. The molecule has 11 heteroatoms. The Labute approximate surface area is 227 Å². The number of nitrogens with zero attached hydrogens (tertiary/aromatic N) is 7. The Morgan fingerprint density at radius 1 is 1.05 bits per heavy atom. The van der Waals surface area contributed by atoms with E-state index in [0.717, 1.165) is 79.8 Å². The number of hydrogen-bond acceptors (Lipinski definition) is 11. The maximum Gasteiger partial charge on any atom is 0.317 e. The predicted molar refractivity (Wildman–Crippen MR) is 147 cm³/mol. The monoisotopic (exact) mass is 536 g/mol. The number of rotatable bonds is 7. The van der Waals surface area contributed by atoms with Crippen molar-refractivity contribution in [2.45, 2.75) is 64.3 Å². The topological polar surface area (TPSA) is 101 Å². The molecule has 1 spiro atoms. The van der Waals surface area contributed by atoms with E-state index in [1.807, 2.05) is 24.7 Å². The van der Waals surface area contributed by atoms with Crippen LogP contribution in [0.2, 0.25) is 0 Å². The highest BCUT2D eigenvalue weighted by Gasteiger charge is 2.42. The minimum Gasteiger partial charge on any atom is -0.460 e. The zero-order valence-corrected chi connectivity index (χ0v) is 23.2. The van der Waals surface area contributed by atoms with Crippen LogP contribution in [0.15, 0.2) is 30.9 Å².